The van der Waals surface area contributed by atoms with E-state index in [1.165, 1.54) is 5.56 Å². The van der Waals surface area contributed by atoms with Crippen LogP contribution in [0.4, 0.5) is 5.69 Å². The van der Waals surface area contributed by atoms with Crippen molar-refractivity contribution in [2.75, 3.05) is 5.73 Å². The third-order valence-corrected chi connectivity index (χ3v) is 3.35. The minimum Gasteiger partial charge on any atom is -0.399 e. The molecule has 0 aliphatic rings. The zero-order valence-corrected chi connectivity index (χ0v) is 11.9. The van der Waals surface area contributed by atoms with Gasteiger partial charge in [0.15, 0.2) is 0 Å². The van der Waals surface area contributed by atoms with Crippen LogP contribution in [0.1, 0.15) is 29.5 Å². The summed E-state index contributed by atoms with van der Waals surface area (Å²) >= 11 is 0. The summed E-state index contributed by atoms with van der Waals surface area (Å²) in [7, 11) is 0. The monoisotopic (exact) mass is 268 g/mol. The first-order valence-corrected chi connectivity index (χ1v) is 6.75. The van der Waals surface area contributed by atoms with Crippen molar-refractivity contribution in [3.8, 4) is 0 Å². The van der Waals surface area contributed by atoms with Gasteiger partial charge < -0.3 is 11.1 Å². The summed E-state index contributed by atoms with van der Waals surface area (Å²) in [4.78, 5) is 12.2. The van der Waals surface area contributed by atoms with E-state index in [2.05, 4.69) is 11.4 Å². The van der Waals surface area contributed by atoms with Gasteiger partial charge >= 0.3 is 0 Å². The van der Waals surface area contributed by atoms with Crippen LogP contribution in [-0.4, -0.2) is 5.91 Å². The molecule has 104 valence electrons. The molecule has 3 N–H and O–H groups in total. The van der Waals surface area contributed by atoms with Crippen molar-refractivity contribution >= 4 is 11.6 Å². The topological polar surface area (TPSA) is 55.1 Å². The van der Waals surface area contributed by atoms with Gasteiger partial charge in [0.25, 0.3) is 0 Å². The lowest BCUT2D eigenvalue weighted by Crippen LogP contribution is -2.27. The lowest BCUT2D eigenvalue weighted by atomic mass is 10.00. The standard InChI is InChI=1S/C17H20N2O/c1-12-5-3-6-14(9-12)11-19-17(20)13(2)15-7-4-8-16(18)10-15/h3-10,13H,11,18H2,1-2H3,(H,19,20). The minimum atomic E-state index is -0.205. The number of amides is 1. The Morgan fingerprint density at radius 2 is 1.95 bits per heavy atom. The highest BCUT2D eigenvalue weighted by molar-refractivity contribution is 5.83. The summed E-state index contributed by atoms with van der Waals surface area (Å²) in [5.41, 5.74) is 9.67. The smallest absolute Gasteiger partial charge is 0.227 e. The summed E-state index contributed by atoms with van der Waals surface area (Å²) in [6, 6.07) is 15.6. The molecular weight excluding hydrogens is 248 g/mol. The van der Waals surface area contributed by atoms with Crippen molar-refractivity contribution < 1.29 is 4.79 Å². The van der Waals surface area contributed by atoms with E-state index in [1.807, 2.05) is 56.3 Å². The molecule has 1 unspecified atom stereocenters. The molecular formula is C17H20N2O. The van der Waals surface area contributed by atoms with E-state index < -0.39 is 0 Å². The van der Waals surface area contributed by atoms with Crippen molar-refractivity contribution in [3.63, 3.8) is 0 Å². The second kappa shape index (κ2) is 6.24. The van der Waals surface area contributed by atoms with Crippen molar-refractivity contribution in [2.45, 2.75) is 26.3 Å². The molecule has 3 heteroatoms. The number of rotatable bonds is 4. The molecule has 0 fully saturated rings. The van der Waals surface area contributed by atoms with Crippen LogP contribution in [-0.2, 0) is 11.3 Å². The molecule has 2 aromatic carbocycles. The highest BCUT2D eigenvalue weighted by Gasteiger charge is 2.14. The van der Waals surface area contributed by atoms with E-state index in [-0.39, 0.29) is 11.8 Å². The first-order valence-electron chi connectivity index (χ1n) is 6.75. The van der Waals surface area contributed by atoms with Gasteiger partial charge in [-0.3, -0.25) is 4.79 Å². The third kappa shape index (κ3) is 3.60. The minimum absolute atomic E-state index is 0.0112. The SMILES string of the molecule is Cc1cccc(CNC(=O)C(C)c2cccc(N)c2)c1. The average molecular weight is 268 g/mol. The fourth-order valence-electron chi connectivity index (χ4n) is 2.14. The Balaban J connectivity index is 1.98. The molecule has 1 atom stereocenters. The highest BCUT2D eigenvalue weighted by Crippen LogP contribution is 2.18. The van der Waals surface area contributed by atoms with E-state index in [0.29, 0.717) is 12.2 Å². The van der Waals surface area contributed by atoms with Crippen molar-refractivity contribution in [1.29, 1.82) is 0 Å². The van der Waals surface area contributed by atoms with Crippen LogP contribution in [0.25, 0.3) is 0 Å². The quantitative estimate of drug-likeness (QED) is 0.837. The van der Waals surface area contributed by atoms with E-state index in [4.69, 9.17) is 5.73 Å². The lowest BCUT2D eigenvalue weighted by molar-refractivity contribution is -0.122. The second-order valence-electron chi connectivity index (χ2n) is 5.10. The predicted molar refractivity (Wildman–Crippen MR) is 82.3 cm³/mol. The normalized spacial score (nSPS) is 11.9. The van der Waals surface area contributed by atoms with Crippen LogP contribution in [0.5, 0.6) is 0 Å². The molecule has 1 amide bonds. The molecule has 3 nitrogen and oxygen atoms in total. The van der Waals surface area contributed by atoms with E-state index in [0.717, 1.165) is 11.1 Å². The number of carbonyl (C=O) groups is 1. The highest BCUT2D eigenvalue weighted by atomic mass is 16.1. The van der Waals surface area contributed by atoms with E-state index >= 15 is 0 Å². The van der Waals surface area contributed by atoms with Gasteiger partial charge in [0, 0.05) is 12.2 Å². The van der Waals surface area contributed by atoms with Crippen molar-refractivity contribution in [2.24, 2.45) is 0 Å². The number of nitrogens with one attached hydrogen (secondary N) is 1. The Morgan fingerprint density at radius 3 is 2.65 bits per heavy atom. The molecule has 0 heterocycles. The predicted octanol–water partition coefficient (Wildman–Crippen LogP) is 3.00. The maximum absolute atomic E-state index is 12.2. The van der Waals surface area contributed by atoms with Gasteiger partial charge in [0.05, 0.1) is 5.92 Å². The Kier molecular flexibility index (Phi) is 4.41. The summed E-state index contributed by atoms with van der Waals surface area (Å²) in [6.45, 7) is 4.48. The molecule has 0 bridgehead atoms. The molecule has 0 aliphatic heterocycles. The van der Waals surface area contributed by atoms with Crippen LogP contribution in [0.15, 0.2) is 48.5 Å². The molecule has 0 aliphatic carbocycles. The Hall–Kier alpha value is -2.29. The van der Waals surface area contributed by atoms with Gasteiger partial charge in [0.1, 0.15) is 0 Å². The zero-order chi connectivity index (χ0) is 14.5. The Morgan fingerprint density at radius 1 is 1.20 bits per heavy atom. The van der Waals surface area contributed by atoms with Crippen LogP contribution < -0.4 is 11.1 Å². The number of hydrogen-bond donors (Lipinski definition) is 2. The van der Waals surface area contributed by atoms with Gasteiger partial charge in [-0.25, -0.2) is 0 Å². The Labute approximate surface area is 119 Å². The first kappa shape index (κ1) is 14.1. The van der Waals surface area contributed by atoms with Gasteiger partial charge in [0.2, 0.25) is 5.91 Å². The van der Waals surface area contributed by atoms with Gasteiger partial charge in [-0.1, -0.05) is 42.0 Å². The van der Waals surface area contributed by atoms with Crippen LogP contribution in [0.3, 0.4) is 0 Å². The van der Waals surface area contributed by atoms with Gasteiger partial charge in [-0.15, -0.1) is 0 Å². The number of carbonyl (C=O) groups excluding carboxylic acids is 1. The first-order chi connectivity index (χ1) is 9.56. The number of aryl methyl sites for hydroxylation is 1. The van der Waals surface area contributed by atoms with E-state index in [1.54, 1.807) is 0 Å². The van der Waals surface area contributed by atoms with E-state index in [9.17, 15) is 4.79 Å². The lowest BCUT2D eigenvalue weighted by Gasteiger charge is -2.13. The molecule has 2 aromatic rings. The van der Waals surface area contributed by atoms with Crippen molar-refractivity contribution in [1.82, 2.24) is 5.32 Å². The number of hydrogen-bond acceptors (Lipinski definition) is 2. The van der Waals surface area contributed by atoms with Gasteiger partial charge in [-0.05, 0) is 37.1 Å². The van der Waals surface area contributed by atoms with Crippen LogP contribution in [0.2, 0.25) is 0 Å². The number of anilines is 1. The average Bonchev–Trinajstić information content (AvgIpc) is 2.44. The summed E-state index contributed by atoms with van der Waals surface area (Å²) in [5, 5.41) is 2.96. The maximum Gasteiger partial charge on any atom is 0.227 e. The van der Waals surface area contributed by atoms with Crippen LogP contribution >= 0.6 is 0 Å². The second-order valence-corrected chi connectivity index (χ2v) is 5.10. The number of nitrogens with two attached hydrogens (primary N) is 1. The van der Waals surface area contributed by atoms with Crippen molar-refractivity contribution in [3.05, 3.63) is 65.2 Å². The Bertz CT molecular complexity index is 607. The van der Waals surface area contributed by atoms with Crippen LogP contribution in [0, 0.1) is 6.92 Å². The summed E-state index contributed by atoms with van der Waals surface area (Å²) in [6.07, 6.45) is 0. The molecule has 0 spiro atoms. The molecule has 0 radical (unpaired) electrons. The number of benzene rings is 2. The summed E-state index contributed by atoms with van der Waals surface area (Å²) < 4.78 is 0. The summed E-state index contributed by atoms with van der Waals surface area (Å²) in [5.74, 6) is -0.194. The fourth-order valence-corrected chi connectivity index (χ4v) is 2.14. The molecule has 0 aromatic heterocycles. The van der Waals surface area contributed by atoms with Gasteiger partial charge in [-0.2, -0.15) is 0 Å². The molecule has 2 rings (SSSR count). The fraction of sp³-hybridized carbons (Fsp3) is 0.235. The maximum atomic E-state index is 12.2. The third-order valence-electron chi connectivity index (χ3n) is 3.35. The number of nitrogen functional groups attached to an aromatic ring is 1. The zero-order valence-electron chi connectivity index (χ0n) is 11.9. The molecule has 0 saturated carbocycles. The molecule has 0 saturated heterocycles. The largest absolute Gasteiger partial charge is 0.399 e. The molecule has 20 heavy (non-hydrogen) atoms.